The van der Waals surface area contributed by atoms with Crippen LogP contribution in [-0.2, 0) is 0 Å². The Morgan fingerprint density at radius 3 is 3.19 bits per heavy atom. The molecule has 3 rings (SSSR count). The summed E-state index contributed by atoms with van der Waals surface area (Å²) in [6, 6.07) is 2.11. The van der Waals surface area contributed by atoms with Crippen LogP contribution in [0.3, 0.4) is 0 Å². The standard InChI is InChI=1S/C11H16N4O/c16-10-3-4-12-11(13-10)15-7-6-14-5-1-2-9(14)8-15/h3-4,9H,1-2,5-8H2,(H,12,13,16)/t9-/m0/s1. The number of H-pyrrole nitrogens is 1. The summed E-state index contributed by atoms with van der Waals surface area (Å²) in [5.41, 5.74) is -0.0705. The fourth-order valence-electron chi connectivity index (χ4n) is 2.70. The number of rotatable bonds is 1. The minimum absolute atomic E-state index is 0.0705. The third-order valence-electron chi connectivity index (χ3n) is 3.54. The fourth-order valence-corrected chi connectivity index (χ4v) is 2.70. The molecule has 2 saturated heterocycles. The van der Waals surface area contributed by atoms with Crippen LogP contribution in [0.1, 0.15) is 12.8 Å². The van der Waals surface area contributed by atoms with Crippen molar-refractivity contribution >= 4 is 5.95 Å². The molecule has 1 N–H and O–H groups in total. The number of nitrogens with zero attached hydrogens (tertiary/aromatic N) is 3. The normalized spacial score (nSPS) is 25.8. The van der Waals surface area contributed by atoms with E-state index >= 15 is 0 Å². The van der Waals surface area contributed by atoms with Crippen LogP contribution in [0.4, 0.5) is 5.95 Å². The fraction of sp³-hybridized carbons (Fsp3) is 0.636. The number of aromatic amines is 1. The number of fused-ring (bicyclic) bond motifs is 1. The van der Waals surface area contributed by atoms with E-state index in [1.165, 1.54) is 25.5 Å². The first-order chi connectivity index (χ1) is 7.83. The number of nitrogens with one attached hydrogen (secondary N) is 1. The van der Waals surface area contributed by atoms with E-state index in [9.17, 15) is 4.79 Å². The van der Waals surface area contributed by atoms with Gasteiger partial charge in [-0.2, -0.15) is 0 Å². The molecule has 0 amide bonds. The van der Waals surface area contributed by atoms with Crippen molar-refractivity contribution in [1.29, 1.82) is 0 Å². The predicted octanol–water partition coefficient (Wildman–Crippen LogP) is 0.0543. The van der Waals surface area contributed by atoms with E-state index in [-0.39, 0.29) is 5.56 Å². The Morgan fingerprint density at radius 1 is 1.38 bits per heavy atom. The maximum absolute atomic E-state index is 11.2. The second-order valence-corrected chi connectivity index (χ2v) is 4.54. The van der Waals surface area contributed by atoms with E-state index < -0.39 is 0 Å². The quantitative estimate of drug-likeness (QED) is 0.727. The molecule has 0 aromatic carbocycles. The third-order valence-corrected chi connectivity index (χ3v) is 3.54. The van der Waals surface area contributed by atoms with Gasteiger partial charge in [0.2, 0.25) is 5.95 Å². The van der Waals surface area contributed by atoms with Crippen molar-refractivity contribution in [2.75, 3.05) is 31.1 Å². The van der Waals surface area contributed by atoms with E-state index in [0.717, 1.165) is 25.6 Å². The van der Waals surface area contributed by atoms with E-state index in [4.69, 9.17) is 0 Å². The van der Waals surface area contributed by atoms with Crippen LogP contribution in [-0.4, -0.2) is 47.1 Å². The zero-order valence-corrected chi connectivity index (χ0v) is 9.22. The highest BCUT2D eigenvalue weighted by molar-refractivity contribution is 5.30. The van der Waals surface area contributed by atoms with Crippen LogP contribution in [0.15, 0.2) is 17.1 Å². The van der Waals surface area contributed by atoms with Crippen molar-refractivity contribution in [3.05, 3.63) is 22.6 Å². The molecule has 0 spiro atoms. The summed E-state index contributed by atoms with van der Waals surface area (Å²) >= 11 is 0. The molecule has 5 heteroatoms. The maximum atomic E-state index is 11.2. The molecule has 5 nitrogen and oxygen atoms in total. The number of piperazine rings is 1. The lowest BCUT2D eigenvalue weighted by atomic mass is 10.2. The number of anilines is 1. The molecule has 86 valence electrons. The maximum Gasteiger partial charge on any atom is 0.252 e. The summed E-state index contributed by atoms with van der Waals surface area (Å²) in [7, 11) is 0. The van der Waals surface area contributed by atoms with Gasteiger partial charge in [-0.15, -0.1) is 0 Å². The second kappa shape index (κ2) is 3.90. The van der Waals surface area contributed by atoms with Crippen LogP contribution in [0, 0.1) is 0 Å². The van der Waals surface area contributed by atoms with Gasteiger partial charge < -0.3 is 4.90 Å². The Hall–Kier alpha value is -1.36. The number of hydrogen-bond acceptors (Lipinski definition) is 4. The zero-order valence-electron chi connectivity index (χ0n) is 9.22. The molecule has 2 aliphatic rings. The number of hydrogen-bond donors (Lipinski definition) is 1. The van der Waals surface area contributed by atoms with Crippen molar-refractivity contribution < 1.29 is 0 Å². The molecule has 16 heavy (non-hydrogen) atoms. The van der Waals surface area contributed by atoms with Gasteiger partial charge in [0, 0.05) is 37.9 Å². The molecular weight excluding hydrogens is 204 g/mol. The first kappa shape index (κ1) is 9.84. The van der Waals surface area contributed by atoms with Crippen LogP contribution in [0.5, 0.6) is 0 Å². The van der Waals surface area contributed by atoms with Crippen molar-refractivity contribution in [3.63, 3.8) is 0 Å². The summed E-state index contributed by atoms with van der Waals surface area (Å²) < 4.78 is 0. The summed E-state index contributed by atoms with van der Waals surface area (Å²) in [4.78, 5) is 23.0. The molecule has 1 aromatic heterocycles. The first-order valence-electron chi connectivity index (χ1n) is 5.87. The first-order valence-corrected chi connectivity index (χ1v) is 5.87. The molecule has 3 heterocycles. The monoisotopic (exact) mass is 220 g/mol. The lowest BCUT2D eigenvalue weighted by Gasteiger charge is -2.37. The van der Waals surface area contributed by atoms with Crippen LogP contribution in [0.25, 0.3) is 0 Å². The highest BCUT2D eigenvalue weighted by Gasteiger charge is 2.31. The van der Waals surface area contributed by atoms with Gasteiger partial charge in [-0.1, -0.05) is 0 Å². The van der Waals surface area contributed by atoms with Crippen LogP contribution < -0.4 is 10.5 Å². The Kier molecular flexibility index (Phi) is 2.40. The summed E-state index contributed by atoms with van der Waals surface area (Å²) in [6.07, 6.45) is 4.15. The van der Waals surface area contributed by atoms with Gasteiger partial charge in [0.15, 0.2) is 0 Å². The summed E-state index contributed by atoms with van der Waals surface area (Å²) in [6.45, 7) is 4.27. The van der Waals surface area contributed by atoms with E-state index in [0.29, 0.717) is 6.04 Å². The van der Waals surface area contributed by atoms with Gasteiger partial charge in [0.05, 0.1) is 0 Å². The van der Waals surface area contributed by atoms with Crippen LogP contribution in [0.2, 0.25) is 0 Å². The third kappa shape index (κ3) is 1.71. The summed E-state index contributed by atoms with van der Waals surface area (Å²) in [5, 5.41) is 0. The van der Waals surface area contributed by atoms with Gasteiger partial charge in [-0.25, -0.2) is 4.98 Å². The van der Waals surface area contributed by atoms with E-state index in [1.54, 1.807) is 6.20 Å². The molecular formula is C11H16N4O. The minimum Gasteiger partial charge on any atom is -0.339 e. The molecule has 0 saturated carbocycles. The molecule has 2 fully saturated rings. The number of aromatic nitrogens is 2. The largest absolute Gasteiger partial charge is 0.339 e. The van der Waals surface area contributed by atoms with E-state index in [2.05, 4.69) is 19.8 Å². The SMILES string of the molecule is O=c1ccnc(N2CCN3CCC[C@H]3C2)[nH]1. The average Bonchev–Trinajstić information content (AvgIpc) is 2.75. The highest BCUT2D eigenvalue weighted by atomic mass is 16.1. The Morgan fingerprint density at radius 2 is 2.31 bits per heavy atom. The molecule has 0 bridgehead atoms. The van der Waals surface area contributed by atoms with Gasteiger partial charge >= 0.3 is 0 Å². The van der Waals surface area contributed by atoms with Gasteiger partial charge in [0.25, 0.3) is 5.56 Å². The molecule has 2 aliphatic heterocycles. The average molecular weight is 220 g/mol. The lowest BCUT2D eigenvalue weighted by molar-refractivity contribution is 0.229. The lowest BCUT2D eigenvalue weighted by Crippen LogP contribution is -2.50. The zero-order chi connectivity index (χ0) is 11.0. The molecule has 1 atom stereocenters. The molecule has 0 unspecified atom stereocenters. The van der Waals surface area contributed by atoms with Crippen molar-refractivity contribution in [1.82, 2.24) is 14.9 Å². The highest BCUT2D eigenvalue weighted by Crippen LogP contribution is 2.22. The van der Waals surface area contributed by atoms with Gasteiger partial charge in [0.1, 0.15) is 0 Å². The molecule has 0 aliphatic carbocycles. The summed E-state index contributed by atoms with van der Waals surface area (Å²) in [5.74, 6) is 0.721. The Labute approximate surface area is 94.1 Å². The van der Waals surface area contributed by atoms with Gasteiger partial charge in [-0.3, -0.25) is 14.7 Å². The molecule has 0 radical (unpaired) electrons. The smallest absolute Gasteiger partial charge is 0.252 e. The van der Waals surface area contributed by atoms with Crippen molar-refractivity contribution in [3.8, 4) is 0 Å². The Balaban J connectivity index is 1.79. The van der Waals surface area contributed by atoms with Crippen LogP contribution >= 0.6 is 0 Å². The Bertz CT molecular complexity index is 430. The van der Waals surface area contributed by atoms with Crippen molar-refractivity contribution in [2.45, 2.75) is 18.9 Å². The minimum atomic E-state index is -0.0705. The van der Waals surface area contributed by atoms with Gasteiger partial charge in [-0.05, 0) is 19.4 Å². The van der Waals surface area contributed by atoms with Crippen molar-refractivity contribution in [2.24, 2.45) is 0 Å². The topological polar surface area (TPSA) is 52.2 Å². The molecule has 1 aromatic rings. The second-order valence-electron chi connectivity index (χ2n) is 4.54. The predicted molar refractivity (Wildman–Crippen MR) is 61.7 cm³/mol. The van der Waals surface area contributed by atoms with E-state index in [1.807, 2.05) is 0 Å².